The van der Waals surface area contributed by atoms with E-state index in [1.54, 1.807) is 10.9 Å². The summed E-state index contributed by atoms with van der Waals surface area (Å²) < 4.78 is 1.75. The van der Waals surface area contributed by atoms with Crippen LogP contribution in [0.4, 0.5) is 5.82 Å². The van der Waals surface area contributed by atoms with Gasteiger partial charge in [0.15, 0.2) is 0 Å². The molecule has 0 fully saturated rings. The van der Waals surface area contributed by atoms with Crippen LogP contribution in [0.5, 0.6) is 0 Å². The number of aromatic nitrogens is 2. The van der Waals surface area contributed by atoms with E-state index in [-0.39, 0.29) is 0 Å². The van der Waals surface area contributed by atoms with Crippen molar-refractivity contribution in [2.24, 2.45) is 0 Å². The number of anilines is 1. The Morgan fingerprint density at radius 1 is 1.35 bits per heavy atom. The summed E-state index contributed by atoms with van der Waals surface area (Å²) in [6, 6.07) is 10.4. The zero-order chi connectivity index (χ0) is 12.3. The molecule has 0 spiro atoms. The van der Waals surface area contributed by atoms with Crippen LogP contribution >= 0.6 is 11.6 Å². The first-order valence-corrected chi connectivity index (χ1v) is 6.08. The Morgan fingerprint density at radius 2 is 2.06 bits per heavy atom. The van der Waals surface area contributed by atoms with Crippen molar-refractivity contribution in [3.8, 4) is 0 Å². The van der Waals surface area contributed by atoms with Crippen molar-refractivity contribution in [3.63, 3.8) is 0 Å². The molecule has 90 valence electrons. The van der Waals surface area contributed by atoms with Crippen LogP contribution in [0.15, 0.2) is 36.5 Å². The van der Waals surface area contributed by atoms with Crippen LogP contribution in [0.3, 0.4) is 0 Å². The topological polar surface area (TPSA) is 43.8 Å². The van der Waals surface area contributed by atoms with E-state index in [1.165, 1.54) is 5.56 Å². The molecule has 3 nitrogen and oxygen atoms in total. The van der Waals surface area contributed by atoms with Gasteiger partial charge in [-0.05, 0) is 17.9 Å². The number of nitrogen functional groups attached to an aromatic ring is 1. The normalized spacial score (nSPS) is 12.6. The van der Waals surface area contributed by atoms with Crippen LogP contribution in [0.25, 0.3) is 0 Å². The van der Waals surface area contributed by atoms with E-state index in [9.17, 15) is 0 Å². The molecular weight excluding hydrogens is 234 g/mol. The molecule has 0 amide bonds. The van der Waals surface area contributed by atoms with E-state index in [0.717, 1.165) is 13.0 Å². The van der Waals surface area contributed by atoms with Crippen molar-refractivity contribution in [1.82, 2.24) is 9.78 Å². The second-order valence-corrected chi connectivity index (χ2v) is 4.61. The highest BCUT2D eigenvalue weighted by atomic mass is 35.5. The van der Waals surface area contributed by atoms with Gasteiger partial charge in [0.05, 0.1) is 6.20 Å². The Hall–Kier alpha value is -1.48. The molecule has 0 aliphatic heterocycles. The Labute approximate surface area is 106 Å². The van der Waals surface area contributed by atoms with Gasteiger partial charge in [0, 0.05) is 6.54 Å². The molecule has 0 bridgehead atoms. The van der Waals surface area contributed by atoms with Crippen LogP contribution in [-0.2, 0) is 6.54 Å². The van der Waals surface area contributed by atoms with Crippen molar-refractivity contribution in [3.05, 3.63) is 47.1 Å². The summed E-state index contributed by atoms with van der Waals surface area (Å²) in [4.78, 5) is 0. The fourth-order valence-electron chi connectivity index (χ4n) is 1.81. The zero-order valence-corrected chi connectivity index (χ0v) is 10.6. The first kappa shape index (κ1) is 12.0. The van der Waals surface area contributed by atoms with E-state index >= 15 is 0 Å². The van der Waals surface area contributed by atoms with Crippen LogP contribution in [0, 0.1) is 0 Å². The van der Waals surface area contributed by atoms with E-state index < -0.39 is 0 Å². The van der Waals surface area contributed by atoms with E-state index in [2.05, 4.69) is 36.3 Å². The lowest BCUT2D eigenvalue weighted by atomic mass is 9.98. The molecule has 2 N–H and O–H groups in total. The zero-order valence-electron chi connectivity index (χ0n) is 9.81. The van der Waals surface area contributed by atoms with Crippen LogP contribution in [0.2, 0.25) is 5.02 Å². The molecule has 0 saturated heterocycles. The minimum atomic E-state index is 0.485. The van der Waals surface area contributed by atoms with Gasteiger partial charge in [-0.25, -0.2) is 4.68 Å². The van der Waals surface area contributed by atoms with Crippen molar-refractivity contribution < 1.29 is 0 Å². The van der Waals surface area contributed by atoms with Gasteiger partial charge in [-0.15, -0.1) is 0 Å². The predicted octanol–water partition coefficient (Wildman–Crippen LogP) is 3.31. The summed E-state index contributed by atoms with van der Waals surface area (Å²) in [6.45, 7) is 2.99. The van der Waals surface area contributed by atoms with Crippen molar-refractivity contribution in [2.75, 3.05) is 5.73 Å². The monoisotopic (exact) mass is 249 g/mol. The number of hydrogen-bond acceptors (Lipinski definition) is 2. The van der Waals surface area contributed by atoms with Crippen LogP contribution < -0.4 is 5.73 Å². The third-order valence-corrected chi connectivity index (χ3v) is 3.27. The van der Waals surface area contributed by atoms with Crippen molar-refractivity contribution >= 4 is 17.4 Å². The van der Waals surface area contributed by atoms with Crippen LogP contribution in [0.1, 0.15) is 24.8 Å². The van der Waals surface area contributed by atoms with E-state index in [0.29, 0.717) is 16.8 Å². The SMILES string of the molecule is CC(CCn1ncc(Cl)c1N)c1ccccc1. The van der Waals surface area contributed by atoms with Gasteiger partial charge in [0.25, 0.3) is 0 Å². The lowest BCUT2D eigenvalue weighted by Gasteiger charge is -2.12. The molecule has 1 unspecified atom stereocenters. The third kappa shape index (κ3) is 2.80. The molecule has 4 heteroatoms. The van der Waals surface area contributed by atoms with Gasteiger partial charge >= 0.3 is 0 Å². The second kappa shape index (κ2) is 5.23. The molecular formula is C13H16ClN3. The minimum Gasteiger partial charge on any atom is -0.383 e. The lowest BCUT2D eigenvalue weighted by Crippen LogP contribution is -2.07. The Morgan fingerprint density at radius 3 is 2.65 bits per heavy atom. The van der Waals surface area contributed by atoms with Crippen molar-refractivity contribution in [2.45, 2.75) is 25.8 Å². The summed E-state index contributed by atoms with van der Waals surface area (Å²) in [5, 5.41) is 4.67. The minimum absolute atomic E-state index is 0.485. The number of rotatable bonds is 4. The fraction of sp³-hybridized carbons (Fsp3) is 0.308. The molecule has 2 rings (SSSR count). The average Bonchev–Trinajstić information content (AvgIpc) is 2.68. The molecule has 1 aromatic carbocycles. The molecule has 1 aromatic heterocycles. The van der Waals surface area contributed by atoms with Gasteiger partial charge < -0.3 is 5.73 Å². The summed E-state index contributed by atoms with van der Waals surface area (Å²) in [7, 11) is 0. The largest absolute Gasteiger partial charge is 0.383 e. The highest BCUT2D eigenvalue weighted by molar-refractivity contribution is 6.32. The maximum Gasteiger partial charge on any atom is 0.140 e. The third-order valence-electron chi connectivity index (χ3n) is 2.98. The number of nitrogens with zero attached hydrogens (tertiary/aromatic N) is 2. The molecule has 1 atom stereocenters. The number of hydrogen-bond donors (Lipinski definition) is 1. The summed E-state index contributed by atoms with van der Waals surface area (Å²) >= 11 is 5.85. The lowest BCUT2D eigenvalue weighted by molar-refractivity contribution is 0.539. The summed E-state index contributed by atoms with van der Waals surface area (Å²) in [5.74, 6) is 1.03. The van der Waals surface area contributed by atoms with Gasteiger partial charge in [-0.1, -0.05) is 48.9 Å². The number of aryl methyl sites for hydroxylation is 1. The van der Waals surface area contributed by atoms with Gasteiger partial charge in [-0.2, -0.15) is 5.10 Å². The van der Waals surface area contributed by atoms with Gasteiger partial charge in [0.2, 0.25) is 0 Å². The number of halogens is 1. The first-order valence-electron chi connectivity index (χ1n) is 5.70. The molecule has 0 saturated carbocycles. The quantitative estimate of drug-likeness (QED) is 0.904. The van der Waals surface area contributed by atoms with Gasteiger partial charge in [-0.3, -0.25) is 0 Å². The Kier molecular flexibility index (Phi) is 3.69. The maximum absolute atomic E-state index is 5.85. The van der Waals surface area contributed by atoms with Crippen molar-refractivity contribution in [1.29, 1.82) is 0 Å². The predicted molar refractivity (Wildman–Crippen MR) is 71.1 cm³/mol. The second-order valence-electron chi connectivity index (χ2n) is 4.20. The standard InChI is InChI=1S/C13H16ClN3/c1-10(11-5-3-2-4-6-11)7-8-17-13(15)12(14)9-16-17/h2-6,9-10H,7-8,15H2,1H3. The Balaban J connectivity index is 1.97. The molecule has 1 heterocycles. The number of nitrogens with two attached hydrogens (primary N) is 1. The smallest absolute Gasteiger partial charge is 0.140 e. The summed E-state index contributed by atoms with van der Waals surface area (Å²) in [5.41, 5.74) is 7.13. The highest BCUT2D eigenvalue weighted by Gasteiger charge is 2.08. The molecule has 0 aliphatic carbocycles. The molecule has 0 radical (unpaired) electrons. The first-order chi connectivity index (χ1) is 8.18. The molecule has 17 heavy (non-hydrogen) atoms. The average molecular weight is 250 g/mol. The maximum atomic E-state index is 5.85. The summed E-state index contributed by atoms with van der Waals surface area (Å²) in [6.07, 6.45) is 2.58. The van der Waals surface area contributed by atoms with E-state index in [4.69, 9.17) is 17.3 Å². The van der Waals surface area contributed by atoms with Crippen LogP contribution in [-0.4, -0.2) is 9.78 Å². The number of benzene rings is 1. The molecule has 0 aliphatic rings. The highest BCUT2D eigenvalue weighted by Crippen LogP contribution is 2.22. The molecule has 2 aromatic rings. The van der Waals surface area contributed by atoms with Gasteiger partial charge in [0.1, 0.15) is 10.8 Å². The van der Waals surface area contributed by atoms with E-state index in [1.807, 2.05) is 6.07 Å². The Bertz CT molecular complexity index is 479. The fourth-order valence-corrected chi connectivity index (χ4v) is 1.96.